The number of anilines is 1. The van der Waals surface area contributed by atoms with Crippen molar-refractivity contribution in [3.8, 4) is 0 Å². The van der Waals surface area contributed by atoms with Crippen LogP contribution in [0.4, 0.5) is 10.1 Å². The zero-order chi connectivity index (χ0) is 18.1. The molecule has 1 N–H and O–H groups in total. The summed E-state index contributed by atoms with van der Waals surface area (Å²) < 4.78 is 13.0. The lowest BCUT2D eigenvalue weighted by Crippen LogP contribution is -2.31. The fraction of sp³-hybridized carbons (Fsp3) is 0.227. The molecule has 132 valence electrons. The van der Waals surface area contributed by atoms with Crippen molar-refractivity contribution in [3.05, 3.63) is 77.1 Å². The van der Waals surface area contributed by atoms with E-state index in [2.05, 4.69) is 35.6 Å². The van der Waals surface area contributed by atoms with Gasteiger partial charge in [-0.2, -0.15) is 0 Å². The summed E-state index contributed by atoms with van der Waals surface area (Å²) in [5.74, 6) is -0.269. The zero-order valence-electron chi connectivity index (χ0n) is 14.8. The van der Waals surface area contributed by atoms with Crippen molar-refractivity contribution in [2.75, 3.05) is 18.9 Å². The Morgan fingerprint density at radius 2 is 1.77 bits per heavy atom. The van der Waals surface area contributed by atoms with Gasteiger partial charge in [-0.15, -0.1) is 0 Å². The highest BCUT2D eigenvalue weighted by atomic mass is 19.1. The van der Waals surface area contributed by atoms with Crippen LogP contribution in [-0.4, -0.2) is 24.4 Å². The lowest BCUT2D eigenvalue weighted by atomic mass is 10.0. The Kier molecular flexibility index (Phi) is 4.33. The van der Waals surface area contributed by atoms with Crippen molar-refractivity contribution in [3.63, 3.8) is 0 Å². The smallest absolute Gasteiger partial charge is 0.241 e. The number of benzene rings is 3. The topological polar surface area (TPSA) is 32.3 Å². The average Bonchev–Trinajstić information content (AvgIpc) is 3.08. The van der Waals surface area contributed by atoms with E-state index < -0.39 is 0 Å². The van der Waals surface area contributed by atoms with Gasteiger partial charge in [-0.3, -0.25) is 4.79 Å². The van der Waals surface area contributed by atoms with Crippen LogP contribution in [0.3, 0.4) is 0 Å². The Morgan fingerprint density at radius 1 is 1.04 bits per heavy atom. The molecule has 0 aromatic heterocycles. The SMILES string of the molecule is CN(Cc1ccc(F)cc1)C(=O)CNc1ccc2c3c(cccc13)CC2. The molecule has 1 aliphatic carbocycles. The minimum atomic E-state index is -0.267. The molecule has 3 aromatic rings. The predicted octanol–water partition coefficient (Wildman–Crippen LogP) is 4.15. The van der Waals surface area contributed by atoms with Crippen LogP contribution in [0, 0.1) is 5.82 Å². The molecule has 4 heteroatoms. The summed E-state index contributed by atoms with van der Waals surface area (Å²) in [6, 6.07) is 16.9. The Balaban J connectivity index is 1.45. The Hall–Kier alpha value is -2.88. The fourth-order valence-corrected chi connectivity index (χ4v) is 3.66. The average molecular weight is 348 g/mol. The monoisotopic (exact) mass is 348 g/mol. The maximum Gasteiger partial charge on any atom is 0.241 e. The Labute approximate surface area is 152 Å². The summed E-state index contributed by atoms with van der Waals surface area (Å²) in [5.41, 5.74) is 4.69. The van der Waals surface area contributed by atoms with Crippen molar-refractivity contribution in [1.82, 2.24) is 4.90 Å². The van der Waals surface area contributed by atoms with E-state index in [4.69, 9.17) is 0 Å². The molecule has 0 fully saturated rings. The zero-order valence-corrected chi connectivity index (χ0v) is 14.8. The first-order chi connectivity index (χ1) is 12.6. The molecule has 0 bridgehead atoms. The lowest BCUT2D eigenvalue weighted by molar-refractivity contribution is -0.128. The molecule has 3 aromatic carbocycles. The normalized spacial score (nSPS) is 12.4. The molecule has 1 aliphatic rings. The van der Waals surface area contributed by atoms with Gasteiger partial charge < -0.3 is 10.2 Å². The third-order valence-corrected chi connectivity index (χ3v) is 5.07. The number of carbonyl (C=O) groups is 1. The van der Waals surface area contributed by atoms with Crippen molar-refractivity contribution in [2.45, 2.75) is 19.4 Å². The van der Waals surface area contributed by atoms with Gasteiger partial charge in [0.1, 0.15) is 5.82 Å². The molecular weight excluding hydrogens is 327 g/mol. The Morgan fingerprint density at radius 3 is 2.54 bits per heavy atom. The molecule has 0 aliphatic heterocycles. The number of hydrogen-bond acceptors (Lipinski definition) is 2. The highest BCUT2D eigenvalue weighted by Crippen LogP contribution is 2.34. The van der Waals surface area contributed by atoms with Crippen LogP contribution in [0.15, 0.2) is 54.6 Å². The van der Waals surface area contributed by atoms with Crippen LogP contribution < -0.4 is 5.32 Å². The van der Waals surface area contributed by atoms with Crippen molar-refractivity contribution < 1.29 is 9.18 Å². The first kappa shape index (κ1) is 16.6. The standard InChI is InChI=1S/C22H21FN2O/c1-25(14-15-5-10-18(23)11-6-15)21(26)13-24-20-12-9-17-8-7-16-3-2-4-19(20)22(16)17/h2-6,9-12,24H,7-8,13-14H2,1H3. The first-order valence-electron chi connectivity index (χ1n) is 8.87. The van der Waals surface area contributed by atoms with E-state index in [0.717, 1.165) is 24.1 Å². The van der Waals surface area contributed by atoms with Crippen LogP contribution >= 0.6 is 0 Å². The van der Waals surface area contributed by atoms with E-state index in [1.165, 1.54) is 34.0 Å². The number of likely N-dealkylation sites (N-methyl/N-ethyl adjacent to an activating group) is 1. The maximum absolute atomic E-state index is 13.0. The highest BCUT2D eigenvalue weighted by Gasteiger charge is 2.16. The van der Waals surface area contributed by atoms with E-state index in [9.17, 15) is 9.18 Å². The van der Waals surface area contributed by atoms with Crippen LogP contribution in [0.1, 0.15) is 16.7 Å². The molecule has 3 nitrogen and oxygen atoms in total. The van der Waals surface area contributed by atoms with Gasteiger partial charge in [-0.05, 0) is 53.1 Å². The summed E-state index contributed by atoms with van der Waals surface area (Å²) in [4.78, 5) is 14.1. The van der Waals surface area contributed by atoms with Crippen molar-refractivity contribution >= 4 is 22.4 Å². The number of carbonyl (C=O) groups excluding carboxylic acids is 1. The maximum atomic E-state index is 13.0. The molecule has 0 radical (unpaired) electrons. The second-order valence-electron chi connectivity index (χ2n) is 6.84. The summed E-state index contributed by atoms with van der Waals surface area (Å²) in [7, 11) is 1.76. The summed E-state index contributed by atoms with van der Waals surface area (Å²) in [6.07, 6.45) is 2.19. The summed E-state index contributed by atoms with van der Waals surface area (Å²) in [5, 5.41) is 5.82. The molecule has 1 amide bonds. The minimum Gasteiger partial charge on any atom is -0.376 e. The number of rotatable bonds is 5. The highest BCUT2D eigenvalue weighted by molar-refractivity contribution is 6.00. The Bertz CT molecular complexity index is 956. The molecule has 0 unspecified atom stereocenters. The van der Waals surface area contributed by atoms with Crippen LogP contribution in [0.25, 0.3) is 10.8 Å². The van der Waals surface area contributed by atoms with E-state index in [1.54, 1.807) is 24.1 Å². The van der Waals surface area contributed by atoms with Crippen LogP contribution in [0.5, 0.6) is 0 Å². The van der Waals surface area contributed by atoms with Gasteiger partial charge >= 0.3 is 0 Å². The van der Waals surface area contributed by atoms with Gasteiger partial charge in [0.2, 0.25) is 5.91 Å². The van der Waals surface area contributed by atoms with E-state index in [0.29, 0.717) is 6.54 Å². The number of amides is 1. The minimum absolute atomic E-state index is 0.00224. The second-order valence-corrected chi connectivity index (χ2v) is 6.84. The number of aryl methyl sites for hydroxylation is 2. The lowest BCUT2D eigenvalue weighted by Gasteiger charge is -2.19. The molecule has 0 heterocycles. The van der Waals surface area contributed by atoms with Crippen LogP contribution in [-0.2, 0) is 24.2 Å². The van der Waals surface area contributed by atoms with Gasteiger partial charge in [-0.1, -0.05) is 36.4 Å². The number of halogens is 1. The molecule has 26 heavy (non-hydrogen) atoms. The van der Waals surface area contributed by atoms with Gasteiger partial charge in [0.15, 0.2) is 0 Å². The second kappa shape index (κ2) is 6.79. The van der Waals surface area contributed by atoms with Gasteiger partial charge in [0, 0.05) is 24.7 Å². The largest absolute Gasteiger partial charge is 0.376 e. The van der Waals surface area contributed by atoms with Gasteiger partial charge in [-0.25, -0.2) is 4.39 Å². The third kappa shape index (κ3) is 3.15. The predicted molar refractivity (Wildman–Crippen MR) is 103 cm³/mol. The van der Waals surface area contributed by atoms with Gasteiger partial charge in [0.25, 0.3) is 0 Å². The molecule has 0 saturated carbocycles. The number of nitrogens with one attached hydrogen (secondary N) is 1. The third-order valence-electron chi connectivity index (χ3n) is 5.07. The number of hydrogen-bond donors (Lipinski definition) is 1. The molecule has 0 atom stereocenters. The van der Waals surface area contributed by atoms with E-state index in [-0.39, 0.29) is 18.3 Å². The molecule has 0 saturated heterocycles. The first-order valence-corrected chi connectivity index (χ1v) is 8.87. The van der Waals surface area contributed by atoms with E-state index in [1.807, 2.05) is 0 Å². The summed E-state index contributed by atoms with van der Waals surface area (Å²) in [6.45, 7) is 0.695. The summed E-state index contributed by atoms with van der Waals surface area (Å²) >= 11 is 0. The van der Waals surface area contributed by atoms with Crippen LogP contribution in [0.2, 0.25) is 0 Å². The van der Waals surface area contributed by atoms with Crippen molar-refractivity contribution in [1.29, 1.82) is 0 Å². The molecule has 4 rings (SSSR count). The number of nitrogens with zero attached hydrogens (tertiary/aromatic N) is 1. The van der Waals surface area contributed by atoms with Crippen molar-refractivity contribution in [2.24, 2.45) is 0 Å². The van der Waals surface area contributed by atoms with E-state index >= 15 is 0 Å². The quantitative estimate of drug-likeness (QED) is 0.751. The molecular formula is C22H21FN2O. The fourth-order valence-electron chi connectivity index (χ4n) is 3.66. The molecule has 0 spiro atoms. The van der Waals surface area contributed by atoms with Gasteiger partial charge in [0.05, 0.1) is 6.54 Å².